The Hall–Kier alpha value is -2.67. The van der Waals surface area contributed by atoms with Crippen molar-refractivity contribution >= 4 is 44.5 Å². The van der Waals surface area contributed by atoms with Crippen LogP contribution in [0.2, 0.25) is 0 Å². The third-order valence-corrected chi connectivity index (χ3v) is 4.72. The van der Waals surface area contributed by atoms with Crippen molar-refractivity contribution in [3.05, 3.63) is 52.0 Å². The number of halogens is 1. The van der Waals surface area contributed by atoms with E-state index in [4.69, 9.17) is 5.21 Å². The zero-order chi connectivity index (χ0) is 16.8. The van der Waals surface area contributed by atoms with Crippen molar-refractivity contribution in [1.29, 1.82) is 0 Å². The number of aromatic amines is 1. The van der Waals surface area contributed by atoms with Crippen molar-refractivity contribution < 1.29 is 15.1 Å². The predicted octanol–water partition coefficient (Wildman–Crippen LogP) is 2.95. The summed E-state index contributed by atoms with van der Waals surface area (Å²) in [6.07, 6.45) is 6.56. The summed E-state index contributed by atoms with van der Waals surface area (Å²) in [5.74, 6) is -0.677. The lowest BCUT2D eigenvalue weighted by atomic mass is 9.89. The molecule has 2 unspecified atom stereocenters. The Bertz CT molecular complexity index is 984. The lowest BCUT2D eigenvalue weighted by molar-refractivity contribution is -0.114. The van der Waals surface area contributed by atoms with Gasteiger partial charge in [0.25, 0.3) is 0 Å². The van der Waals surface area contributed by atoms with E-state index in [1.54, 1.807) is 18.2 Å². The van der Waals surface area contributed by atoms with Gasteiger partial charge in [0, 0.05) is 9.86 Å². The molecule has 0 fully saturated rings. The molecule has 0 spiro atoms. The first-order chi connectivity index (χ1) is 11.6. The number of hydrogen-bond acceptors (Lipinski definition) is 5. The van der Waals surface area contributed by atoms with Crippen molar-refractivity contribution in [3.63, 3.8) is 0 Å². The first-order valence-corrected chi connectivity index (χ1v) is 8.08. The minimum Gasteiger partial charge on any atom is -0.494 e. The highest BCUT2D eigenvalue weighted by atomic mass is 79.9. The van der Waals surface area contributed by atoms with E-state index in [1.807, 2.05) is 18.2 Å². The zero-order valence-corrected chi connectivity index (χ0v) is 13.9. The summed E-state index contributed by atoms with van der Waals surface area (Å²) in [6, 6.07) is 5.21. The molecule has 2 aromatic rings. The Morgan fingerprint density at radius 3 is 3.00 bits per heavy atom. The van der Waals surface area contributed by atoms with Gasteiger partial charge in [-0.25, -0.2) is 0 Å². The molecule has 24 heavy (non-hydrogen) atoms. The SMILES string of the molecule is O=C1C(c2c(O)[nH]c3cc(Br)ccc23)=NC2C=CC(/C=N/O)=CC12. The highest BCUT2D eigenvalue weighted by Gasteiger charge is 2.38. The first-order valence-electron chi connectivity index (χ1n) is 7.28. The van der Waals surface area contributed by atoms with Crippen molar-refractivity contribution in [1.82, 2.24) is 4.98 Å². The number of carbonyl (C=O) groups is 1. The van der Waals surface area contributed by atoms with E-state index < -0.39 is 5.92 Å². The number of allylic oxidation sites excluding steroid dienone is 2. The van der Waals surface area contributed by atoms with E-state index in [0.717, 1.165) is 15.4 Å². The summed E-state index contributed by atoms with van der Waals surface area (Å²) in [6.45, 7) is 0. The smallest absolute Gasteiger partial charge is 0.199 e. The molecule has 0 bridgehead atoms. The molecule has 1 aromatic carbocycles. The lowest BCUT2D eigenvalue weighted by Crippen LogP contribution is -2.23. The molecule has 120 valence electrons. The van der Waals surface area contributed by atoms with Crippen LogP contribution in [0.1, 0.15) is 5.56 Å². The van der Waals surface area contributed by atoms with Crippen molar-refractivity contribution in [2.45, 2.75) is 6.04 Å². The molecule has 0 amide bonds. The maximum atomic E-state index is 12.8. The van der Waals surface area contributed by atoms with Gasteiger partial charge in [-0.15, -0.1) is 0 Å². The monoisotopic (exact) mass is 385 g/mol. The number of rotatable bonds is 2. The summed E-state index contributed by atoms with van der Waals surface area (Å²) in [7, 11) is 0. The molecule has 3 N–H and O–H groups in total. The van der Waals surface area contributed by atoms with Crippen LogP contribution >= 0.6 is 15.9 Å². The molecule has 2 heterocycles. The van der Waals surface area contributed by atoms with Crippen LogP contribution in [0, 0.1) is 5.92 Å². The van der Waals surface area contributed by atoms with Crippen LogP contribution < -0.4 is 0 Å². The molecule has 0 saturated heterocycles. The van der Waals surface area contributed by atoms with E-state index in [-0.39, 0.29) is 23.4 Å². The zero-order valence-electron chi connectivity index (χ0n) is 12.3. The summed E-state index contributed by atoms with van der Waals surface area (Å²) >= 11 is 3.38. The van der Waals surface area contributed by atoms with Gasteiger partial charge in [-0.3, -0.25) is 9.79 Å². The molecule has 1 aliphatic carbocycles. The number of aliphatic imine (C=N–C) groups is 1. The predicted molar refractivity (Wildman–Crippen MR) is 94.0 cm³/mol. The van der Waals surface area contributed by atoms with Gasteiger partial charge >= 0.3 is 0 Å². The number of hydrogen-bond donors (Lipinski definition) is 3. The molecule has 6 nitrogen and oxygen atoms in total. The largest absolute Gasteiger partial charge is 0.494 e. The van der Waals surface area contributed by atoms with E-state index in [0.29, 0.717) is 11.1 Å². The van der Waals surface area contributed by atoms with E-state index in [9.17, 15) is 9.90 Å². The number of fused-ring (bicyclic) bond motifs is 2. The average Bonchev–Trinajstić information content (AvgIpc) is 3.04. The standard InChI is InChI=1S/C17H12BrN3O3/c18-9-2-3-10-13(6-9)21-17(23)14(10)15-16(22)11-5-8(7-19-24)1-4-12(11)20-15/h1-7,11-12,21,23-24H/b19-7+. The van der Waals surface area contributed by atoms with Gasteiger partial charge in [-0.05, 0) is 17.7 Å². The Balaban J connectivity index is 1.81. The summed E-state index contributed by atoms with van der Waals surface area (Å²) < 4.78 is 0.870. The molecule has 0 saturated carbocycles. The number of oxime groups is 1. The van der Waals surface area contributed by atoms with Crippen LogP contribution in [0.15, 0.2) is 56.6 Å². The summed E-state index contributed by atoms with van der Waals surface area (Å²) in [4.78, 5) is 20.2. The molecule has 2 aliphatic rings. The second-order valence-corrected chi connectivity index (χ2v) is 6.58. The first kappa shape index (κ1) is 14.9. The maximum Gasteiger partial charge on any atom is 0.199 e. The van der Waals surface area contributed by atoms with Crippen LogP contribution in [0.5, 0.6) is 5.88 Å². The quantitative estimate of drug-likeness (QED) is 0.421. The van der Waals surface area contributed by atoms with Gasteiger partial charge < -0.3 is 15.3 Å². The number of aromatic hydroxyl groups is 1. The van der Waals surface area contributed by atoms with Crippen LogP contribution in [0.25, 0.3) is 10.9 Å². The minimum atomic E-state index is -0.446. The van der Waals surface area contributed by atoms with E-state index >= 15 is 0 Å². The normalized spacial score (nSPS) is 23.0. The molecule has 0 radical (unpaired) electrons. The van der Waals surface area contributed by atoms with Gasteiger partial charge in [0.2, 0.25) is 0 Å². The second-order valence-electron chi connectivity index (χ2n) is 5.67. The fourth-order valence-corrected chi connectivity index (χ4v) is 3.51. The Morgan fingerprint density at radius 2 is 2.21 bits per heavy atom. The molecular weight excluding hydrogens is 374 g/mol. The number of H-pyrrole nitrogens is 1. The van der Waals surface area contributed by atoms with Gasteiger partial charge in [-0.2, -0.15) is 0 Å². The maximum absolute atomic E-state index is 12.8. The van der Waals surface area contributed by atoms with Crippen LogP contribution in [-0.2, 0) is 4.79 Å². The average molecular weight is 386 g/mol. The van der Waals surface area contributed by atoms with Gasteiger partial charge in [0.1, 0.15) is 5.71 Å². The van der Waals surface area contributed by atoms with Crippen LogP contribution in [0.4, 0.5) is 0 Å². The summed E-state index contributed by atoms with van der Waals surface area (Å²) in [5.41, 5.74) is 2.06. The Morgan fingerprint density at radius 1 is 1.38 bits per heavy atom. The van der Waals surface area contributed by atoms with Gasteiger partial charge in [-0.1, -0.05) is 45.4 Å². The van der Waals surface area contributed by atoms with Crippen LogP contribution in [0.3, 0.4) is 0 Å². The van der Waals surface area contributed by atoms with Crippen molar-refractivity contribution in [2.75, 3.05) is 0 Å². The van der Waals surface area contributed by atoms with Crippen LogP contribution in [-0.4, -0.2) is 39.0 Å². The fraction of sp³-hybridized carbons (Fsp3) is 0.118. The number of nitrogens with zero attached hydrogens (tertiary/aromatic N) is 2. The number of Topliss-reactive ketones (excluding diaryl/α,β-unsaturated/α-hetero) is 1. The molecule has 2 atom stereocenters. The highest BCUT2D eigenvalue weighted by Crippen LogP contribution is 2.35. The highest BCUT2D eigenvalue weighted by molar-refractivity contribution is 9.10. The van der Waals surface area contributed by atoms with Gasteiger partial charge in [0.05, 0.1) is 29.3 Å². The second kappa shape index (κ2) is 5.45. The molecule has 7 heteroatoms. The number of ketones is 1. The number of aromatic nitrogens is 1. The third kappa shape index (κ3) is 2.20. The Kier molecular flexibility index (Phi) is 3.38. The number of benzene rings is 1. The Labute approximate surface area is 145 Å². The number of nitrogens with one attached hydrogen (secondary N) is 1. The van der Waals surface area contributed by atoms with E-state index in [2.05, 4.69) is 31.1 Å². The van der Waals surface area contributed by atoms with Crippen molar-refractivity contribution in [2.24, 2.45) is 16.1 Å². The lowest BCUT2D eigenvalue weighted by Gasteiger charge is -2.13. The molecule has 1 aromatic heterocycles. The minimum absolute atomic E-state index is 0.0704. The number of carbonyl (C=O) groups excluding carboxylic acids is 1. The van der Waals surface area contributed by atoms with Gasteiger partial charge in [0.15, 0.2) is 11.7 Å². The van der Waals surface area contributed by atoms with E-state index in [1.165, 1.54) is 6.21 Å². The summed E-state index contributed by atoms with van der Waals surface area (Å²) in [5, 5.41) is 22.7. The molecule has 1 aliphatic heterocycles. The molecular formula is C17H12BrN3O3. The fourth-order valence-electron chi connectivity index (χ4n) is 3.15. The topological polar surface area (TPSA) is 98.0 Å². The van der Waals surface area contributed by atoms with Crippen molar-refractivity contribution in [3.8, 4) is 5.88 Å². The molecule has 4 rings (SSSR count). The third-order valence-electron chi connectivity index (χ3n) is 4.22.